The van der Waals surface area contributed by atoms with Crippen LogP contribution in [-0.2, 0) is 14.9 Å². The minimum absolute atomic E-state index is 0.0932. The first-order valence-corrected chi connectivity index (χ1v) is 8.94. The van der Waals surface area contributed by atoms with E-state index in [4.69, 9.17) is 9.29 Å². The Kier molecular flexibility index (Phi) is 8.61. The van der Waals surface area contributed by atoms with Crippen molar-refractivity contribution < 1.29 is 17.7 Å². The zero-order valence-electron chi connectivity index (χ0n) is 11.7. The lowest BCUT2D eigenvalue weighted by molar-refractivity contribution is 0.0371. The molecule has 1 rings (SSSR count). The van der Waals surface area contributed by atoms with E-state index in [2.05, 4.69) is 4.90 Å². The van der Waals surface area contributed by atoms with E-state index < -0.39 is 10.1 Å². The molecular weight excluding hydrogens is 266 g/mol. The lowest BCUT2D eigenvalue weighted by Crippen LogP contribution is -2.36. The summed E-state index contributed by atoms with van der Waals surface area (Å²) in [6.07, 6.45) is 7.40. The predicted octanol–water partition coefficient (Wildman–Crippen LogP) is 1.94. The van der Waals surface area contributed by atoms with Crippen molar-refractivity contribution in [3.8, 4) is 0 Å². The highest BCUT2D eigenvalue weighted by atomic mass is 32.2. The second-order valence-electron chi connectivity index (χ2n) is 5.21. The Labute approximate surface area is 117 Å². The number of hydrogen-bond acceptors (Lipinski definition) is 4. The van der Waals surface area contributed by atoms with E-state index in [0.29, 0.717) is 6.42 Å². The van der Waals surface area contributed by atoms with Crippen LogP contribution >= 0.6 is 0 Å². The Balaban J connectivity index is 1.81. The molecule has 0 amide bonds. The zero-order valence-corrected chi connectivity index (χ0v) is 12.5. The van der Waals surface area contributed by atoms with Crippen LogP contribution in [0.4, 0.5) is 0 Å². The third-order valence-corrected chi connectivity index (χ3v) is 4.28. The van der Waals surface area contributed by atoms with Crippen molar-refractivity contribution in [2.45, 2.75) is 44.9 Å². The minimum atomic E-state index is -3.75. The molecule has 19 heavy (non-hydrogen) atoms. The summed E-state index contributed by atoms with van der Waals surface area (Å²) in [4.78, 5) is 2.45. The van der Waals surface area contributed by atoms with Gasteiger partial charge in [-0.25, -0.2) is 0 Å². The number of rotatable bonds is 10. The van der Waals surface area contributed by atoms with Crippen LogP contribution in [-0.4, -0.2) is 56.5 Å². The van der Waals surface area contributed by atoms with Gasteiger partial charge in [0.1, 0.15) is 0 Å². The molecule has 0 aromatic heterocycles. The first kappa shape index (κ1) is 16.9. The van der Waals surface area contributed by atoms with Gasteiger partial charge < -0.3 is 4.74 Å². The molecular formula is C13H27NO4S. The first-order chi connectivity index (χ1) is 9.08. The molecule has 0 aromatic rings. The van der Waals surface area contributed by atoms with E-state index in [1.165, 1.54) is 25.8 Å². The largest absolute Gasteiger partial charge is 0.379 e. The SMILES string of the molecule is O=S(=O)(O)CCCCCCCCCN1CCOCC1. The highest BCUT2D eigenvalue weighted by Gasteiger charge is 2.08. The Bertz CT molecular complexity index is 313. The molecule has 0 unspecified atom stereocenters. The molecule has 1 fully saturated rings. The molecule has 0 atom stereocenters. The maximum absolute atomic E-state index is 10.5. The van der Waals surface area contributed by atoms with Crippen LogP contribution in [0.15, 0.2) is 0 Å². The van der Waals surface area contributed by atoms with Gasteiger partial charge in [0.05, 0.1) is 19.0 Å². The molecule has 0 radical (unpaired) electrons. The van der Waals surface area contributed by atoms with Gasteiger partial charge in [0.15, 0.2) is 0 Å². The summed E-state index contributed by atoms with van der Waals surface area (Å²) in [5.41, 5.74) is 0. The van der Waals surface area contributed by atoms with Crippen LogP contribution in [0.3, 0.4) is 0 Å². The Morgan fingerprint density at radius 1 is 0.895 bits per heavy atom. The quantitative estimate of drug-likeness (QED) is 0.492. The number of ether oxygens (including phenoxy) is 1. The van der Waals surface area contributed by atoms with Crippen LogP contribution in [0.25, 0.3) is 0 Å². The van der Waals surface area contributed by atoms with Gasteiger partial charge >= 0.3 is 0 Å². The van der Waals surface area contributed by atoms with Crippen LogP contribution < -0.4 is 0 Å². The first-order valence-electron chi connectivity index (χ1n) is 7.33. The fraction of sp³-hybridized carbons (Fsp3) is 1.00. The molecule has 1 N–H and O–H groups in total. The molecule has 5 nitrogen and oxygen atoms in total. The van der Waals surface area contributed by atoms with E-state index in [0.717, 1.165) is 45.6 Å². The second-order valence-corrected chi connectivity index (χ2v) is 6.79. The van der Waals surface area contributed by atoms with Gasteiger partial charge in [-0.05, 0) is 19.4 Å². The van der Waals surface area contributed by atoms with Gasteiger partial charge in [0.2, 0.25) is 0 Å². The Morgan fingerprint density at radius 3 is 2.00 bits per heavy atom. The summed E-state index contributed by atoms with van der Waals surface area (Å²) in [5.74, 6) is -0.0932. The molecule has 0 saturated carbocycles. The molecule has 0 spiro atoms. The van der Waals surface area contributed by atoms with Gasteiger partial charge in [0.25, 0.3) is 10.1 Å². The predicted molar refractivity (Wildman–Crippen MR) is 76.0 cm³/mol. The Morgan fingerprint density at radius 2 is 1.42 bits per heavy atom. The molecule has 1 aliphatic heterocycles. The normalized spacial score (nSPS) is 17.7. The van der Waals surface area contributed by atoms with Crippen LogP contribution in [0.5, 0.6) is 0 Å². The van der Waals surface area contributed by atoms with Crippen molar-refractivity contribution in [1.82, 2.24) is 4.90 Å². The molecule has 1 heterocycles. The summed E-state index contributed by atoms with van der Waals surface area (Å²) in [6.45, 7) is 5.04. The fourth-order valence-electron chi connectivity index (χ4n) is 2.33. The van der Waals surface area contributed by atoms with Gasteiger partial charge in [-0.2, -0.15) is 8.42 Å². The number of hydrogen-bond donors (Lipinski definition) is 1. The van der Waals surface area contributed by atoms with Gasteiger partial charge in [-0.15, -0.1) is 0 Å². The topological polar surface area (TPSA) is 66.8 Å². The van der Waals surface area contributed by atoms with Crippen LogP contribution in [0, 0.1) is 0 Å². The maximum atomic E-state index is 10.5. The van der Waals surface area contributed by atoms with Gasteiger partial charge in [0, 0.05) is 13.1 Å². The van der Waals surface area contributed by atoms with Crippen molar-refractivity contribution in [3.63, 3.8) is 0 Å². The van der Waals surface area contributed by atoms with Crippen molar-refractivity contribution in [2.24, 2.45) is 0 Å². The summed E-state index contributed by atoms with van der Waals surface area (Å²) >= 11 is 0. The molecule has 0 aromatic carbocycles. The van der Waals surface area contributed by atoms with Gasteiger partial charge in [-0.1, -0.05) is 32.1 Å². The molecule has 114 valence electrons. The van der Waals surface area contributed by atoms with Gasteiger partial charge in [-0.3, -0.25) is 9.45 Å². The number of nitrogens with zero attached hydrogens (tertiary/aromatic N) is 1. The monoisotopic (exact) mass is 293 g/mol. The average Bonchev–Trinajstić information content (AvgIpc) is 2.37. The van der Waals surface area contributed by atoms with E-state index in [9.17, 15) is 8.42 Å². The smallest absolute Gasteiger partial charge is 0.264 e. The molecule has 0 bridgehead atoms. The molecule has 6 heteroatoms. The van der Waals surface area contributed by atoms with Crippen LogP contribution in [0.1, 0.15) is 44.9 Å². The van der Waals surface area contributed by atoms with E-state index in [-0.39, 0.29) is 5.75 Å². The second kappa shape index (κ2) is 9.69. The summed E-state index contributed by atoms with van der Waals surface area (Å²) in [7, 11) is -3.75. The molecule has 1 saturated heterocycles. The minimum Gasteiger partial charge on any atom is -0.379 e. The zero-order chi connectivity index (χ0) is 14.0. The maximum Gasteiger partial charge on any atom is 0.264 e. The highest BCUT2D eigenvalue weighted by molar-refractivity contribution is 7.85. The lowest BCUT2D eigenvalue weighted by atomic mass is 10.1. The third kappa shape index (κ3) is 10.3. The van der Waals surface area contributed by atoms with E-state index in [1.54, 1.807) is 0 Å². The van der Waals surface area contributed by atoms with Crippen LogP contribution in [0.2, 0.25) is 0 Å². The van der Waals surface area contributed by atoms with Crippen molar-refractivity contribution in [1.29, 1.82) is 0 Å². The molecule has 1 aliphatic rings. The average molecular weight is 293 g/mol. The summed E-state index contributed by atoms with van der Waals surface area (Å²) in [5, 5.41) is 0. The Hall–Kier alpha value is -0.170. The van der Waals surface area contributed by atoms with E-state index >= 15 is 0 Å². The summed E-state index contributed by atoms with van der Waals surface area (Å²) in [6, 6.07) is 0. The highest BCUT2D eigenvalue weighted by Crippen LogP contribution is 2.09. The number of unbranched alkanes of at least 4 members (excludes halogenated alkanes) is 6. The lowest BCUT2D eigenvalue weighted by Gasteiger charge is -2.26. The van der Waals surface area contributed by atoms with Crippen molar-refractivity contribution in [2.75, 3.05) is 38.6 Å². The summed E-state index contributed by atoms with van der Waals surface area (Å²) < 4.78 is 34.9. The van der Waals surface area contributed by atoms with Crippen molar-refractivity contribution >= 4 is 10.1 Å². The molecule has 0 aliphatic carbocycles. The van der Waals surface area contributed by atoms with Crippen molar-refractivity contribution in [3.05, 3.63) is 0 Å². The van der Waals surface area contributed by atoms with E-state index in [1.807, 2.05) is 0 Å². The fourth-order valence-corrected chi connectivity index (χ4v) is 2.90. The number of morpholine rings is 1. The third-order valence-electron chi connectivity index (χ3n) is 3.48. The standard InChI is InChI=1S/C13H27NO4S/c15-19(16,17)13-7-5-3-1-2-4-6-8-14-9-11-18-12-10-14/h1-13H2,(H,15,16,17).